The van der Waals surface area contributed by atoms with Gasteiger partial charge in [0, 0.05) is 18.3 Å². The number of amides is 1. The van der Waals surface area contributed by atoms with Crippen LogP contribution in [0, 0.1) is 6.92 Å². The molecule has 2 aromatic rings. The van der Waals surface area contributed by atoms with Crippen LogP contribution < -0.4 is 5.32 Å². The van der Waals surface area contributed by atoms with E-state index in [1.807, 2.05) is 43.1 Å². The summed E-state index contributed by atoms with van der Waals surface area (Å²) in [4.78, 5) is 12.6. The molecule has 90 valence electrons. The van der Waals surface area contributed by atoms with Gasteiger partial charge in [-0.15, -0.1) is 11.3 Å². The Balaban J connectivity index is 2.10. The van der Waals surface area contributed by atoms with E-state index >= 15 is 0 Å². The van der Waals surface area contributed by atoms with E-state index in [1.165, 1.54) is 11.3 Å². The molecule has 1 N–H and O–H groups in total. The molecule has 2 heterocycles. The van der Waals surface area contributed by atoms with E-state index in [4.69, 9.17) is 0 Å². The SMILES string of the molecule is Cc1c([C@H](C)NC(=O)c2cccs2)cnn1C. The predicted molar refractivity (Wildman–Crippen MR) is 68.1 cm³/mol. The lowest BCUT2D eigenvalue weighted by Gasteiger charge is -2.12. The van der Waals surface area contributed by atoms with Gasteiger partial charge in [0.05, 0.1) is 17.1 Å². The van der Waals surface area contributed by atoms with Crippen LogP contribution >= 0.6 is 11.3 Å². The summed E-state index contributed by atoms with van der Waals surface area (Å²) in [5.41, 5.74) is 2.13. The van der Waals surface area contributed by atoms with Crippen molar-refractivity contribution < 1.29 is 4.79 Å². The number of carbonyl (C=O) groups is 1. The molecule has 0 saturated carbocycles. The fraction of sp³-hybridized carbons (Fsp3) is 0.333. The van der Waals surface area contributed by atoms with Gasteiger partial charge in [0.2, 0.25) is 0 Å². The maximum Gasteiger partial charge on any atom is 0.261 e. The minimum absolute atomic E-state index is 0.0294. The highest BCUT2D eigenvalue weighted by molar-refractivity contribution is 7.12. The van der Waals surface area contributed by atoms with Crippen LogP contribution in [-0.2, 0) is 7.05 Å². The van der Waals surface area contributed by atoms with Crippen LogP contribution in [0.2, 0.25) is 0 Å². The van der Waals surface area contributed by atoms with E-state index < -0.39 is 0 Å². The quantitative estimate of drug-likeness (QED) is 0.907. The summed E-state index contributed by atoms with van der Waals surface area (Å²) in [5, 5.41) is 9.04. The summed E-state index contributed by atoms with van der Waals surface area (Å²) in [7, 11) is 1.90. The predicted octanol–water partition coefficient (Wildman–Crippen LogP) is 2.28. The van der Waals surface area contributed by atoms with Crippen molar-refractivity contribution in [2.75, 3.05) is 0 Å². The molecule has 0 aliphatic rings. The molecule has 17 heavy (non-hydrogen) atoms. The van der Waals surface area contributed by atoms with E-state index in [0.29, 0.717) is 0 Å². The minimum Gasteiger partial charge on any atom is -0.345 e. The molecule has 0 radical (unpaired) electrons. The van der Waals surface area contributed by atoms with Crippen molar-refractivity contribution in [2.24, 2.45) is 7.05 Å². The minimum atomic E-state index is -0.0317. The standard InChI is InChI=1S/C12H15N3OS/c1-8(10-7-13-15(3)9(10)2)14-12(16)11-5-4-6-17-11/h4-8H,1-3H3,(H,14,16)/t8-/m0/s1. The van der Waals surface area contributed by atoms with Crippen LogP contribution in [-0.4, -0.2) is 15.7 Å². The van der Waals surface area contributed by atoms with Crippen molar-refractivity contribution in [2.45, 2.75) is 19.9 Å². The molecule has 0 aromatic carbocycles. The number of aromatic nitrogens is 2. The number of rotatable bonds is 3. The molecule has 0 spiro atoms. The lowest BCUT2D eigenvalue weighted by atomic mass is 10.1. The van der Waals surface area contributed by atoms with Crippen molar-refractivity contribution in [1.29, 1.82) is 0 Å². The van der Waals surface area contributed by atoms with Crippen molar-refractivity contribution in [3.63, 3.8) is 0 Å². The average molecular weight is 249 g/mol. The topological polar surface area (TPSA) is 46.9 Å². The van der Waals surface area contributed by atoms with Crippen LogP contribution in [0.3, 0.4) is 0 Å². The molecule has 0 fully saturated rings. The molecular weight excluding hydrogens is 234 g/mol. The van der Waals surface area contributed by atoms with Crippen molar-refractivity contribution in [3.05, 3.63) is 39.8 Å². The number of thiophene rings is 1. The van der Waals surface area contributed by atoms with E-state index in [1.54, 1.807) is 6.20 Å². The summed E-state index contributed by atoms with van der Waals surface area (Å²) in [6, 6.07) is 3.67. The molecule has 0 aliphatic heterocycles. The molecule has 4 nitrogen and oxygen atoms in total. The summed E-state index contributed by atoms with van der Waals surface area (Å²) in [5.74, 6) is -0.0317. The number of hydrogen-bond donors (Lipinski definition) is 1. The summed E-state index contributed by atoms with van der Waals surface area (Å²) >= 11 is 1.44. The molecule has 0 bridgehead atoms. The fourth-order valence-corrected chi connectivity index (χ4v) is 2.32. The summed E-state index contributed by atoms with van der Waals surface area (Å²) < 4.78 is 1.81. The lowest BCUT2D eigenvalue weighted by Crippen LogP contribution is -2.26. The second kappa shape index (κ2) is 4.71. The Bertz CT molecular complexity index is 516. The van der Waals surface area contributed by atoms with Crippen LogP contribution in [0.15, 0.2) is 23.7 Å². The highest BCUT2D eigenvalue weighted by atomic mass is 32.1. The monoisotopic (exact) mass is 249 g/mol. The highest BCUT2D eigenvalue weighted by Gasteiger charge is 2.15. The molecule has 0 aliphatic carbocycles. The van der Waals surface area contributed by atoms with Crippen LogP contribution in [0.5, 0.6) is 0 Å². The maximum atomic E-state index is 11.9. The van der Waals surface area contributed by atoms with Crippen molar-refractivity contribution in [3.8, 4) is 0 Å². The van der Waals surface area contributed by atoms with Gasteiger partial charge in [0.25, 0.3) is 5.91 Å². The Labute approximate surface area is 104 Å². The third-order valence-corrected chi connectivity index (χ3v) is 3.70. The molecule has 1 amide bonds. The molecule has 0 unspecified atom stereocenters. The van der Waals surface area contributed by atoms with E-state index in [9.17, 15) is 4.79 Å². The molecule has 5 heteroatoms. The Morgan fingerprint density at radius 2 is 2.35 bits per heavy atom. The number of aryl methyl sites for hydroxylation is 1. The zero-order valence-corrected chi connectivity index (χ0v) is 10.9. The number of hydrogen-bond acceptors (Lipinski definition) is 3. The lowest BCUT2D eigenvalue weighted by molar-refractivity contribution is 0.0944. The zero-order valence-electron chi connectivity index (χ0n) is 10.1. The Morgan fingerprint density at radius 1 is 1.59 bits per heavy atom. The van der Waals surface area contributed by atoms with Crippen LogP contribution in [0.1, 0.15) is 33.9 Å². The van der Waals surface area contributed by atoms with E-state index in [0.717, 1.165) is 16.1 Å². The Morgan fingerprint density at radius 3 is 2.88 bits per heavy atom. The first-order valence-corrected chi connectivity index (χ1v) is 6.30. The maximum absolute atomic E-state index is 11.9. The van der Waals surface area contributed by atoms with Gasteiger partial charge in [-0.1, -0.05) is 6.07 Å². The molecule has 0 saturated heterocycles. The first kappa shape index (κ1) is 11.9. The highest BCUT2D eigenvalue weighted by Crippen LogP contribution is 2.17. The molecular formula is C12H15N3OS. The van der Waals surface area contributed by atoms with Gasteiger partial charge in [0.15, 0.2) is 0 Å². The summed E-state index contributed by atoms with van der Waals surface area (Å²) in [6.45, 7) is 3.96. The first-order valence-electron chi connectivity index (χ1n) is 5.42. The van der Waals surface area contributed by atoms with Crippen molar-refractivity contribution >= 4 is 17.2 Å². The van der Waals surface area contributed by atoms with Gasteiger partial charge < -0.3 is 5.32 Å². The third kappa shape index (κ3) is 2.39. The first-order chi connectivity index (χ1) is 8.09. The smallest absolute Gasteiger partial charge is 0.261 e. The average Bonchev–Trinajstić information content (AvgIpc) is 2.90. The zero-order chi connectivity index (χ0) is 12.4. The van der Waals surface area contributed by atoms with Gasteiger partial charge in [0.1, 0.15) is 0 Å². The van der Waals surface area contributed by atoms with E-state index in [-0.39, 0.29) is 11.9 Å². The number of nitrogens with one attached hydrogen (secondary N) is 1. The fourth-order valence-electron chi connectivity index (χ4n) is 1.69. The van der Waals surface area contributed by atoms with Crippen LogP contribution in [0.25, 0.3) is 0 Å². The molecule has 2 rings (SSSR count). The largest absolute Gasteiger partial charge is 0.345 e. The Kier molecular flexibility index (Phi) is 3.28. The van der Waals surface area contributed by atoms with Gasteiger partial charge in [-0.05, 0) is 25.3 Å². The van der Waals surface area contributed by atoms with Gasteiger partial charge in [-0.25, -0.2) is 0 Å². The number of nitrogens with zero attached hydrogens (tertiary/aromatic N) is 2. The van der Waals surface area contributed by atoms with Crippen molar-refractivity contribution in [1.82, 2.24) is 15.1 Å². The van der Waals surface area contributed by atoms with Crippen LogP contribution in [0.4, 0.5) is 0 Å². The summed E-state index contributed by atoms with van der Waals surface area (Å²) in [6.07, 6.45) is 1.80. The third-order valence-electron chi connectivity index (χ3n) is 2.83. The normalized spacial score (nSPS) is 12.4. The molecule has 1 atom stereocenters. The molecule has 2 aromatic heterocycles. The van der Waals surface area contributed by atoms with E-state index in [2.05, 4.69) is 10.4 Å². The Hall–Kier alpha value is -1.62. The van der Waals surface area contributed by atoms with Gasteiger partial charge in [-0.3, -0.25) is 9.48 Å². The van der Waals surface area contributed by atoms with Gasteiger partial charge in [-0.2, -0.15) is 5.10 Å². The van der Waals surface area contributed by atoms with Gasteiger partial charge >= 0.3 is 0 Å². The number of carbonyl (C=O) groups excluding carboxylic acids is 1. The second-order valence-electron chi connectivity index (χ2n) is 3.98. The second-order valence-corrected chi connectivity index (χ2v) is 4.93.